The molecule has 17 heavy (non-hydrogen) atoms. The molecule has 0 bridgehead atoms. The Balaban J connectivity index is 2.30. The molecule has 1 heterocycles. The van der Waals surface area contributed by atoms with Crippen molar-refractivity contribution in [2.45, 2.75) is 25.9 Å². The summed E-state index contributed by atoms with van der Waals surface area (Å²) in [6.07, 6.45) is 0.874. The summed E-state index contributed by atoms with van der Waals surface area (Å²) in [5.74, 6) is -0.351. The predicted octanol–water partition coefficient (Wildman–Crippen LogP) is 2.71. The van der Waals surface area contributed by atoms with Crippen LogP contribution in [-0.2, 0) is 6.42 Å². The molecule has 0 aliphatic rings. The highest BCUT2D eigenvalue weighted by atomic mass is 32.1. The average Bonchev–Trinajstić information content (AvgIpc) is 2.77. The maximum Gasteiger partial charge on any atom is 0.123 e. The van der Waals surface area contributed by atoms with E-state index < -0.39 is 6.10 Å². The van der Waals surface area contributed by atoms with Gasteiger partial charge < -0.3 is 5.11 Å². The Morgan fingerprint density at radius 1 is 1.47 bits per heavy atom. The normalized spacial score (nSPS) is 12.6. The zero-order valence-electron chi connectivity index (χ0n) is 9.43. The van der Waals surface area contributed by atoms with Crippen molar-refractivity contribution in [3.63, 3.8) is 0 Å². The molecule has 0 saturated heterocycles. The van der Waals surface area contributed by atoms with Crippen LogP contribution in [0.15, 0.2) is 24.3 Å². The monoisotopic (exact) mass is 252 g/mol. The first-order valence-electron chi connectivity index (χ1n) is 5.47. The van der Waals surface area contributed by atoms with Crippen LogP contribution in [-0.4, -0.2) is 14.7 Å². The Labute approximate surface area is 103 Å². The molecule has 2 rings (SSSR count). The van der Waals surface area contributed by atoms with E-state index in [1.165, 1.54) is 12.1 Å². The van der Waals surface area contributed by atoms with Gasteiger partial charge in [-0.15, -0.1) is 5.10 Å². The van der Waals surface area contributed by atoms with Gasteiger partial charge in [-0.2, -0.15) is 0 Å². The van der Waals surface area contributed by atoms with E-state index in [2.05, 4.69) is 9.59 Å². The lowest BCUT2D eigenvalue weighted by Crippen LogP contribution is -2.01. The Bertz CT molecular complexity index is 501. The number of benzene rings is 1. The second kappa shape index (κ2) is 5.33. The Hall–Kier alpha value is -1.33. The van der Waals surface area contributed by atoms with Crippen molar-refractivity contribution < 1.29 is 9.50 Å². The van der Waals surface area contributed by atoms with Gasteiger partial charge in [0.25, 0.3) is 0 Å². The first-order chi connectivity index (χ1) is 8.22. The van der Waals surface area contributed by atoms with Crippen LogP contribution in [0, 0.1) is 5.82 Å². The summed E-state index contributed by atoms with van der Waals surface area (Å²) in [5.41, 5.74) is 1.34. The van der Waals surface area contributed by atoms with Gasteiger partial charge in [-0.25, -0.2) is 4.39 Å². The summed E-state index contributed by atoms with van der Waals surface area (Å²) >= 11 is 1.16. The lowest BCUT2D eigenvalue weighted by atomic mass is 10.1. The summed E-state index contributed by atoms with van der Waals surface area (Å²) < 4.78 is 16.9. The lowest BCUT2D eigenvalue weighted by molar-refractivity contribution is 0.222. The second-order valence-corrected chi connectivity index (χ2v) is 4.58. The number of aliphatic hydroxyl groups is 1. The molecule has 3 nitrogen and oxygen atoms in total. The van der Waals surface area contributed by atoms with E-state index in [1.807, 2.05) is 6.92 Å². The highest BCUT2D eigenvalue weighted by Crippen LogP contribution is 2.27. The maximum atomic E-state index is 13.1. The van der Waals surface area contributed by atoms with Crippen LogP contribution in [0.2, 0.25) is 0 Å². The Morgan fingerprint density at radius 2 is 2.29 bits per heavy atom. The van der Waals surface area contributed by atoms with Crippen LogP contribution in [0.3, 0.4) is 0 Å². The van der Waals surface area contributed by atoms with Crippen molar-refractivity contribution in [3.05, 3.63) is 46.2 Å². The Morgan fingerprint density at radius 3 is 3.00 bits per heavy atom. The van der Waals surface area contributed by atoms with Crippen molar-refractivity contribution in [1.82, 2.24) is 9.59 Å². The molecular formula is C12H13FN2OS. The number of aromatic nitrogens is 2. The second-order valence-electron chi connectivity index (χ2n) is 3.79. The van der Waals surface area contributed by atoms with Crippen LogP contribution in [0.4, 0.5) is 4.39 Å². The molecule has 0 saturated carbocycles. The molecule has 0 amide bonds. The van der Waals surface area contributed by atoms with Crippen LogP contribution >= 0.6 is 11.5 Å². The molecule has 1 atom stereocenters. The van der Waals surface area contributed by atoms with Crippen molar-refractivity contribution in [3.8, 4) is 0 Å². The van der Waals surface area contributed by atoms with Gasteiger partial charge in [-0.1, -0.05) is 30.0 Å². The Kier molecular flexibility index (Phi) is 3.81. The SMILES string of the molecule is CCCc1nnsc1C(O)c1cccc(F)c1. The smallest absolute Gasteiger partial charge is 0.123 e. The number of rotatable bonds is 4. The minimum absolute atomic E-state index is 0.351. The van der Waals surface area contributed by atoms with Gasteiger partial charge in [-0.05, 0) is 35.6 Å². The summed E-state index contributed by atoms with van der Waals surface area (Å²) in [5, 5.41) is 14.2. The zero-order chi connectivity index (χ0) is 12.3. The van der Waals surface area contributed by atoms with Crippen LogP contribution in [0.25, 0.3) is 0 Å². The molecule has 0 spiro atoms. The average molecular weight is 252 g/mol. The van der Waals surface area contributed by atoms with E-state index in [-0.39, 0.29) is 5.82 Å². The summed E-state index contributed by atoms with van der Waals surface area (Å²) in [6, 6.07) is 5.97. The van der Waals surface area contributed by atoms with Gasteiger partial charge >= 0.3 is 0 Å². The maximum absolute atomic E-state index is 13.1. The van der Waals surface area contributed by atoms with Gasteiger partial charge in [-0.3, -0.25) is 0 Å². The lowest BCUT2D eigenvalue weighted by Gasteiger charge is -2.09. The zero-order valence-corrected chi connectivity index (χ0v) is 10.2. The topological polar surface area (TPSA) is 46.0 Å². The fourth-order valence-corrected chi connectivity index (χ4v) is 2.37. The molecule has 90 valence electrons. The highest BCUT2D eigenvalue weighted by Gasteiger charge is 2.18. The predicted molar refractivity (Wildman–Crippen MR) is 64.4 cm³/mol. The molecule has 0 aliphatic heterocycles. The number of halogens is 1. The van der Waals surface area contributed by atoms with E-state index in [0.717, 1.165) is 30.1 Å². The van der Waals surface area contributed by atoms with E-state index in [0.29, 0.717) is 10.4 Å². The third-order valence-electron chi connectivity index (χ3n) is 2.48. The third-order valence-corrected chi connectivity index (χ3v) is 3.30. The molecule has 5 heteroatoms. The van der Waals surface area contributed by atoms with Gasteiger partial charge in [0, 0.05) is 0 Å². The molecule has 0 aliphatic carbocycles. The first kappa shape index (κ1) is 12.1. The van der Waals surface area contributed by atoms with Crippen molar-refractivity contribution in [2.24, 2.45) is 0 Å². The van der Waals surface area contributed by atoms with Crippen molar-refractivity contribution >= 4 is 11.5 Å². The van der Waals surface area contributed by atoms with E-state index >= 15 is 0 Å². The molecule has 1 aromatic heterocycles. The fraction of sp³-hybridized carbons (Fsp3) is 0.333. The van der Waals surface area contributed by atoms with E-state index in [9.17, 15) is 9.50 Å². The van der Waals surface area contributed by atoms with Crippen LogP contribution in [0.5, 0.6) is 0 Å². The number of hydrogen-bond donors (Lipinski definition) is 1. The molecule has 1 unspecified atom stereocenters. The summed E-state index contributed by atoms with van der Waals surface area (Å²) in [4.78, 5) is 0.706. The summed E-state index contributed by atoms with van der Waals surface area (Å²) in [6.45, 7) is 2.04. The third kappa shape index (κ3) is 2.68. The molecule has 1 aromatic carbocycles. The minimum Gasteiger partial charge on any atom is -0.383 e. The van der Waals surface area contributed by atoms with Gasteiger partial charge in [0.15, 0.2) is 0 Å². The molecule has 1 N–H and O–H groups in total. The molecular weight excluding hydrogens is 239 g/mol. The summed E-state index contributed by atoms with van der Waals surface area (Å²) in [7, 11) is 0. The standard InChI is InChI=1S/C12H13FN2OS/c1-2-4-10-12(17-15-14-10)11(16)8-5-3-6-9(13)7-8/h3,5-7,11,16H,2,4H2,1H3. The molecule has 0 fully saturated rings. The minimum atomic E-state index is -0.841. The van der Waals surface area contributed by atoms with Crippen LogP contribution < -0.4 is 0 Å². The number of aliphatic hydroxyl groups excluding tert-OH is 1. The fourth-order valence-electron chi connectivity index (χ4n) is 1.66. The van der Waals surface area contributed by atoms with Gasteiger partial charge in [0.2, 0.25) is 0 Å². The van der Waals surface area contributed by atoms with Gasteiger partial charge in [0.05, 0.1) is 10.6 Å². The van der Waals surface area contributed by atoms with Gasteiger partial charge in [0.1, 0.15) is 11.9 Å². The number of nitrogens with zero attached hydrogens (tertiary/aromatic N) is 2. The van der Waals surface area contributed by atoms with E-state index in [1.54, 1.807) is 12.1 Å². The van der Waals surface area contributed by atoms with Crippen molar-refractivity contribution in [2.75, 3.05) is 0 Å². The van der Waals surface area contributed by atoms with Crippen molar-refractivity contribution in [1.29, 1.82) is 0 Å². The first-order valence-corrected chi connectivity index (χ1v) is 6.24. The largest absolute Gasteiger partial charge is 0.383 e. The number of hydrogen-bond acceptors (Lipinski definition) is 4. The quantitative estimate of drug-likeness (QED) is 0.910. The molecule has 2 aromatic rings. The van der Waals surface area contributed by atoms with Crippen LogP contribution in [0.1, 0.15) is 35.6 Å². The highest BCUT2D eigenvalue weighted by molar-refractivity contribution is 7.05. The molecule has 0 radical (unpaired) electrons. The van der Waals surface area contributed by atoms with E-state index in [4.69, 9.17) is 0 Å². The number of aryl methyl sites for hydroxylation is 1.